The molecule has 1 aromatic carbocycles. The van der Waals surface area contributed by atoms with Gasteiger partial charge in [0, 0.05) is 5.02 Å². The lowest BCUT2D eigenvalue weighted by atomic mass is 9.76. The number of alkyl halides is 1. The van der Waals surface area contributed by atoms with Crippen molar-refractivity contribution in [2.24, 2.45) is 21.8 Å². The number of aliphatic hydroxyl groups is 2. The number of likely N-dealkylation sites (tertiary alicyclic amines) is 1. The van der Waals surface area contributed by atoms with Crippen molar-refractivity contribution in [3.8, 4) is 0 Å². The average Bonchev–Trinajstić information content (AvgIpc) is 3.28. The molecule has 0 spiro atoms. The zero-order valence-electron chi connectivity index (χ0n) is 19.8. The molecular formula is C25H33ClFN3O4. The van der Waals surface area contributed by atoms with Gasteiger partial charge in [0.1, 0.15) is 42.3 Å². The quantitative estimate of drug-likeness (QED) is 0.657. The first-order valence-electron chi connectivity index (χ1n) is 12.2. The molecule has 1 aromatic rings. The van der Waals surface area contributed by atoms with E-state index in [4.69, 9.17) is 21.1 Å². The lowest BCUT2D eigenvalue weighted by molar-refractivity contribution is -0.123. The van der Waals surface area contributed by atoms with Crippen molar-refractivity contribution in [2.75, 3.05) is 13.2 Å². The van der Waals surface area contributed by atoms with Crippen molar-refractivity contribution in [1.82, 2.24) is 4.90 Å². The molecule has 9 heteroatoms. The van der Waals surface area contributed by atoms with E-state index < -0.39 is 42.2 Å². The molecule has 4 aliphatic rings. The molecule has 5 rings (SSSR count). The predicted molar refractivity (Wildman–Crippen MR) is 128 cm³/mol. The molecule has 0 amide bonds. The number of hydrogen-bond donors (Lipinski definition) is 2. The molecule has 4 heterocycles. The van der Waals surface area contributed by atoms with Gasteiger partial charge in [-0.05, 0) is 48.9 Å². The highest BCUT2D eigenvalue weighted by Gasteiger charge is 2.61. The van der Waals surface area contributed by atoms with E-state index in [0.717, 1.165) is 24.0 Å². The van der Waals surface area contributed by atoms with Crippen LogP contribution in [0.2, 0.25) is 5.02 Å². The van der Waals surface area contributed by atoms with Crippen LogP contribution in [-0.4, -0.2) is 76.7 Å². The second-order valence-corrected chi connectivity index (χ2v) is 10.5. The van der Waals surface area contributed by atoms with Crippen LogP contribution in [-0.2, 0) is 15.9 Å². The Labute approximate surface area is 204 Å². The minimum atomic E-state index is -1.57. The number of nitrogens with zero attached hydrogens (tertiary/aromatic N) is 3. The number of benzene rings is 1. The summed E-state index contributed by atoms with van der Waals surface area (Å²) >= 11 is 6.17. The maximum absolute atomic E-state index is 16.7. The molecule has 2 N–H and O–H groups in total. The van der Waals surface area contributed by atoms with E-state index >= 15 is 4.39 Å². The van der Waals surface area contributed by atoms with Crippen molar-refractivity contribution >= 4 is 23.8 Å². The summed E-state index contributed by atoms with van der Waals surface area (Å²) in [7, 11) is 0. The van der Waals surface area contributed by atoms with Crippen LogP contribution in [0.5, 0.6) is 0 Å². The van der Waals surface area contributed by atoms with Crippen molar-refractivity contribution in [3.63, 3.8) is 0 Å². The minimum absolute atomic E-state index is 0.0320. The van der Waals surface area contributed by atoms with E-state index in [9.17, 15) is 10.2 Å². The molecule has 0 bridgehead atoms. The van der Waals surface area contributed by atoms with Crippen molar-refractivity contribution in [3.05, 3.63) is 34.3 Å². The largest absolute Gasteiger partial charge is 0.387 e. The molecule has 2 fully saturated rings. The van der Waals surface area contributed by atoms with Gasteiger partial charge in [-0.2, -0.15) is 0 Å². The van der Waals surface area contributed by atoms with Crippen LogP contribution in [0.3, 0.4) is 0 Å². The smallest absolute Gasteiger partial charge is 0.160 e. The Hall–Kier alpha value is -1.58. The molecular weight excluding hydrogens is 461 g/mol. The fourth-order valence-corrected chi connectivity index (χ4v) is 6.36. The maximum atomic E-state index is 16.7. The van der Waals surface area contributed by atoms with E-state index in [-0.39, 0.29) is 18.5 Å². The molecule has 0 radical (unpaired) electrons. The second-order valence-electron chi connectivity index (χ2n) is 10.1. The van der Waals surface area contributed by atoms with Crippen molar-refractivity contribution in [1.29, 1.82) is 0 Å². The normalized spacial score (nSPS) is 40.1. The lowest BCUT2D eigenvalue weighted by Gasteiger charge is -2.34. The van der Waals surface area contributed by atoms with E-state index in [1.54, 1.807) is 11.0 Å². The molecule has 4 aliphatic heterocycles. The fourth-order valence-electron chi connectivity index (χ4n) is 6.16. The van der Waals surface area contributed by atoms with Gasteiger partial charge in [0.2, 0.25) is 0 Å². The molecule has 9 atom stereocenters. The number of halogens is 2. The number of ether oxygens (including phenoxy) is 2. The Kier molecular flexibility index (Phi) is 6.48. The number of aliphatic hydroxyl groups excluding tert-OH is 2. The standard InChI is InChI=1S/C25H33ClFN3O4/c1-4-5-13(2)25(27)11-30(23-18(25)14(3)28-12-29-23)24-20(32)19(31)22(34-24)21-17-7-6-16(26)10-15(17)8-9-33-21/h6-7,10,12-14,18-22,24,31-32H,4-5,8-9,11H2,1-3H3/t13?,14?,18?,19-,20+,21+,22-,24+,25?/m0/s1. The highest BCUT2D eigenvalue weighted by atomic mass is 35.5. The van der Waals surface area contributed by atoms with Crippen LogP contribution < -0.4 is 0 Å². The lowest BCUT2D eigenvalue weighted by Crippen LogP contribution is -2.46. The Bertz CT molecular complexity index is 993. The first-order valence-corrected chi connectivity index (χ1v) is 12.6. The summed E-state index contributed by atoms with van der Waals surface area (Å²) in [5, 5.41) is 22.7. The van der Waals surface area contributed by atoms with Gasteiger partial charge < -0.3 is 24.6 Å². The van der Waals surface area contributed by atoms with Crippen LogP contribution in [0.25, 0.3) is 0 Å². The first kappa shape index (κ1) is 24.1. The van der Waals surface area contributed by atoms with Gasteiger partial charge in [-0.1, -0.05) is 37.9 Å². The predicted octanol–water partition coefficient (Wildman–Crippen LogP) is 3.31. The Balaban J connectivity index is 1.45. The molecule has 186 valence electrons. The third-order valence-electron chi connectivity index (χ3n) is 7.98. The van der Waals surface area contributed by atoms with Crippen LogP contribution in [0.15, 0.2) is 28.2 Å². The van der Waals surface area contributed by atoms with E-state index in [2.05, 4.69) is 9.98 Å². The van der Waals surface area contributed by atoms with E-state index in [0.29, 0.717) is 23.9 Å². The van der Waals surface area contributed by atoms with Crippen LogP contribution in [0.4, 0.5) is 4.39 Å². The summed E-state index contributed by atoms with van der Waals surface area (Å²) < 4.78 is 29.0. The van der Waals surface area contributed by atoms with Crippen molar-refractivity contribution in [2.45, 2.75) is 82.4 Å². The molecule has 4 unspecified atom stereocenters. The summed E-state index contributed by atoms with van der Waals surface area (Å²) in [5.41, 5.74) is 0.360. The highest BCUT2D eigenvalue weighted by molar-refractivity contribution is 6.30. The van der Waals surface area contributed by atoms with Gasteiger partial charge >= 0.3 is 0 Å². The van der Waals surface area contributed by atoms with Gasteiger partial charge in [-0.15, -0.1) is 0 Å². The maximum Gasteiger partial charge on any atom is 0.160 e. The van der Waals surface area contributed by atoms with Gasteiger partial charge in [-0.3, -0.25) is 4.99 Å². The average molecular weight is 494 g/mol. The van der Waals surface area contributed by atoms with Crippen LogP contribution >= 0.6 is 11.6 Å². The van der Waals surface area contributed by atoms with Gasteiger partial charge in [0.25, 0.3) is 0 Å². The molecule has 0 aromatic heterocycles. The Morgan fingerprint density at radius 3 is 2.88 bits per heavy atom. The van der Waals surface area contributed by atoms with Gasteiger partial charge in [0.15, 0.2) is 6.23 Å². The van der Waals surface area contributed by atoms with Gasteiger partial charge in [0.05, 0.1) is 25.1 Å². The summed E-state index contributed by atoms with van der Waals surface area (Å²) in [6, 6.07) is 5.29. The fraction of sp³-hybridized carbons (Fsp3) is 0.680. The number of rotatable bonds is 5. The zero-order chi connectivity index (χ0) is 24.2. The first-order chi connectivity index (χ1) is 16.3. The highest BCUT2D eigenvalue weighted by Crippen LogP contribution is 2.47. The third-order valence-corrected chi connectivity index (χ3v) is 8.21. The molecule has 0 aliphatic carbocycles. The SMILES string of the molecule is CCCC(C)C1(F)CN([C@@H]2O[C@H]([C@@H]3OCCc4cc(Cl)ccc43)[C@@H](O)[C@H]2O)C2=NC=NC(C)C21. The van der Waals surface area contributed by atoms with E-state index in [1.165, 1.54) is 6.34 Å². The number of fused-ring (bicyclic) bond motifs is 2. The van der Waals surface area contributed by atoms with Gasteiger partial charge in [-0.25, -0.2) is 9.38 Å². The summed E-state index contributed by atoms with van der Waals surface area (Å²) in [4.78, 5) is 10.5. The van der Waals surface area contributed by atoms with E-state index in [1.807, 2.05) is 32.9 Å². The number of amidine groups is 1. The van der Waals surface area contributed by atoms with Crippen LogP contribution in [0.1, 0.15) is 50.8 Å². The van der Waals surface area contributed by atoms with Crippen LogP contribution in [0, 0.1) is 11.8 Å². The van der Waals surface area contributed by atoms with Crippen molar-refractivity contribution < 1.29 is 24.1 Å². The minimum Gasteiger partial charge on any atom is -0.387 e. The molecule has 0 saturated carbocycles. The Morgan fingerprint density at radius 1 is 1.32 bits per heavy atom. The second kappa shape index (κ2) is 9.13. The monoisotopic (exact) mass is 493 g/mol. The number of hydrogen-bond acceptors (Lipinski definition) is 7. The Morgan fingerprint density at radius 2 is 2.12 bits per heavy atom. The number of aliphatic imine (C=N–C) groups is 2. The molecule has 7 nitrogen and oxygen atoms in total. The third kappa shape index (κ3) is 3.78. The molecule has 2 saturated heterocycles. The topological polar surface area (TPSA) is 86.9 Å². The summed E-state index contributed by atoms with van der Waals surface area (Å²) in [6.45, 7) is 6.36. The zero-order valence-corrected chi connectivity index (χ0v) is 20.5. The summed E-state index contributed by atoms with van der Waals surface area (Å²) in [6.07, 6.45) is -0.974. The summed E-state index contributed by atoms with van der Waals surface area (Å²) in [5.74, 6) is -0.215. The molecule has 34 heavy (non-hydrogen) atoms.